The third-order valence-electron chi connectivity index (χ3n) is 5.84. The minimum absolute atomic E-state index is 0.109. The first-order valence-corrected chi connectivity index (χ1v) is 10.1. The van der Waals surface area contributed by atoms with Crippen molar-refractivity contribution in [3.8, 4) is 11.5 Å². The van der Waals surface area contributed by atoms with Crippen LogP contribution in [-0.4, -0.2) is 52.5 Å². The molecular formula is C23H27N3O4. The molecule has 7 nitrogen and oxygen atoms in total. The van der Waals surface area contributed by atoms with Gasteiger partial charge in [0.2, 0.25) is 0 Å². The molecule has 0 bridgehead atoms. The van der Waals surface area contributed by atoms with Crippen LogP contribution in [0.25, 0.3) is 10.9 Å². The fourth-order valence-electron chi connectivity index (χ4n) is 4.06. The summed E-state index contributed by atoms with van der Waals surface area (Å²) in [5, 5.41) is 11.7. The molecule has 0 aliphatic carbocycles. The van der Waals surface area contributed by atoms with Crippen molar-refractivity contribution >= 4 is 10.9 Å². The number of aromatic nitrogens is 2. The predicted octanol–water partition coefficient (Wildman–Crippen LogP) is 2.44. The first kappa shape index (κ1) is 20.4. The SMILES string of the molecule is COc1ccc(CN2CCC(O)(Cn3cnc4ccccc4c3=O)CC2)cc1OC. The van der Waals surface area contributed by atoms with Crippen molar-refractivity contribution in [1.82, 2.24) is 14.5 Å². The van der Waals surface area contributed by atoms with Gasteiger partial charge in [-0.1, -0.05) is 18.2 Å². The maximum absolute atomic E-state index is 12.7. The molecule has 2 aromatic carbocycles. The highest BCUT2D eigenvalue weighted by Crippen LogP contribution is 2.29. The van der Waals surface area contributed by atoms with E-state index in [1.165, 1.54) is 4.57 Å². The largest absolute Gasteiger partial charge is 0.493 e. The Balaban J connectivity index is 1.41. The number of hydrogen-bond donors (Lipinski definition) is 1. The molecule has 1 aliphatic rings. The number of methoxy groups -OCH3 is 2. The Kier molecular flexibility index (Phi) is 5.74. The van der Waals surface area contributed by atoms with Crippen LogP contribution in [0.1, 0.15) is 18.4 Å². The van der Waals surface area contributed by atoms with Gasteiger partial charge in [0.15, 0.2) is 11.5 Å². The second-order valence-electron chi connectivity index (χ2n) is 7.88. The van der Waals surface area contributed by atoms with Crippen LogP contribution < -0.4 is 15.0 Å². The molecule has 1 saturated heterocycles. The van der Waals surface area contributed by atoms with Crippen LogP contribution >= 0.6 is 0 Å². The molecule has 1 fully saturated rings. The van der Waals surface area contributed by atoms with Crippen molar-refractivity contribution in [2.45, 2.75) is 31.5 Å². The molecule has 3 aromatic rings. The Morgan fingerprint density at radius 3 is 2.53 bits per heavy atom. The Hall–Kier alpha value is -2.90. The Labute approximate surface area is 175 Å². The summed E-state index contributed by atoms with van der Waals surface area (Å²) in [5.41, 5.74) is 0.785. The summed E-state index contributed by atoms with van der Waals surface area (Å²) < 4.78 is 12.2. The minimum atomic E-state index is -0.915. The van der Waals surface area contributed by atoms with Crippen LogP contribution in [0.5, 0.6) is 11.5 Å². The molecule has 1 aliphatic heterocycles. The summed E-state index contributed by atoms with van der Waals surface area (Å²) in [4.78, 5) is 19.4. The highest BCUT2D eigenvalue weighted by molar-refractivity contribution is 5.76. The number of para-hydroxylation sites is 1. The molecule has 1 N–H and O–H groups in total. The third kappa shape index (κ3) is 4.17. The molecule has 0 amide bonds. The van der Waals surface area contributed by atoms with E-state index in [0.717, 1.165) is 25.2 Å². The van der Waals surface area contributed by atoms with Crippen LogP contribution in [0.3, 0.4) is 0 Å². The molecule has 0 saturated carbocycles. The topological polar surface area (TPSA) is 76.8 Å². The number of fused-ring (bicyclic) bond motifs is 1. The lowest BCUT2D eigenvalue weighted by Crippen LogP contribution is -2.47. The lowest BCUT2D eigenvalue weighted by molar-refractivity contribution is -0.0365. The molecule has 30 heavy (non-hydrogen) atoms. The number of ether oxygens (including phenoxy) is 2. The van der Waals surface area contributed by atoms with E-state index in [2.05, 4.69) is 9.88 Å². The van der Waals surface area contributed by atoms with Crippen molar-refractivity contribution in [1.29, 1.82) is 0 Å². The van der Waals surface area contributed by atoms with Crippen LogP contribution in [0.2, 0.25) is 0 Å². The number of benzene rings is 2. The lowest BCUT2D eigenvalue weighted by atomic mass is 9.91. The summed E-state index contributed by atoms with van der Waals surface area (Å²) in [5.74, 6) is 1.43. The van der Waals surface area contributed by atoms with Gasteiger partial charge in [-0.05, 0) is 42.7 Å². The van der Waals surface area contributed by atoms with Gasteiger partial charge in [0.05, 0.1) is 43.6 Å². The molecule has 0 unspecified atom stereocenters. The number of hydrogen-bond acceptors (Lipinski definition) is 6. The van der Waals surface area contributed by atoms with E-state index in [-0.39, 0.29) is 12.1 Å². The molecule has 2 heterocycles. The van der Waals surface area contributed by atoms with E-state index in [0.29, 0.717) is 35.2 Å². The van der Waals surface area contributed by atoms with Crippen molar-refractivity contribution < 1.29 is 14.6 Å². The number of rotatable bonds is 6. The van der Waals surface area contributed by atoms with E-state index in [9.17, 15) is 9.90 Å². The van der Waals surface area contributed by atoms with Gasteiger partial charge >= 0.3 is 0 Å². The van der Waals surface area contributed by atoms with Gasteiger partial charge in [0, 0.05) is 19.6 Å². The molecule has 0 radical (unpaired) electrons. The van der Waals surface area contributed by atoms with Gasteiger partial charge in [-0.15, -0.1) is 0 Å². The Bertz CT molecular complexity index is 1090. The van der Waals surface area contributed by atoms with Crippen LogP contribution in [-0.2, 0) is 13.1 Å². The Morgan fingerprint density at radius 2 is 1.80 bits per heavy atom. The lowest BCUT2D eigenvalue weighted by Gasteiger charge is -2.38. The van der Waals surface area contributed by atoms with Gasteiger partial charge in [-0.25, -0.2) is 4.98 Å². The summed E-state index contributed by atoms with van der Waals surface area (Å²) >= 11 is 0. The molecule has 4 rings (SSSR count). The highest BCUT2D eigenvalue weighted by atomic mass is 16.5. The zero-order valence-corrected chi connectivity index (χ0v) is 17.4. The van der Waals surface area contributed by atoms with E-state index in [1.54, 1.807) is 26.6 Å². The zero-order chi connectivity index (χ0) is 21.1. The Morgan fingerprint density at radius 1 is 1.07 bits per heavy atom. The highest BCUT2D eigenvalue weighted by Gasteiger charge is 2.33. The van der Waals surface area contributed by atoms with Gasteiger partial charge in [0.25, 0.3) is 5.56 Å². The van der Waals surface area contributed by atoms with Gasteiger partial charge < -0.3 is 14.6 Å². The smallest absolute Gasteiger partial charge is 0.261 e. The molecule has 158 valence electrons. The maximum Gasteiger partial charge on any atom is 0.261 e. The quantitative estimate of drug-likeness (QED) is 0.674. The first-order chi connectivity index (χ1) is 14.5. The third-order valence-corrected chi connectivity index (χ3v) is 5.84. The number of aliphatic hydroxyl groups is 1. The monoisotopic (exact) mass is 409 g/mol. The molecule has 7 heteroatoms. The predicted molar refractivity (Wildman–Crippen MR) is 115 cm³/mol. The molecule has 1 aromatic heterocycles. The second-order valence-corrected chi connectivity index (χ2v) is 7.88. The number of likely N-dealkylation sites (tertiary alicyclic amines) is 1. The first-order valence-electron chi connectivity index (χ1n) is 10.1. The van der Waals surface area contributed by atoms with Gasteiger partial charge in [-0.3, -0.25) is 14.3 Å². The molecular weight excluding hydrogens is 382 g/mol. The van der Waals surface area contributed by atoms with Crippen LogP contribution in [0.15, 0.2) is 53.6 Å². The van der Waals surface area contributed by atoms with E-state index in [4.69, 9.17) is 9.47 Å². The summed E-state index contributed by atoms with van der Waals surface area (Å²) in [6.07, 6.45) is 2.73. The van der Waals surface area contributed by atoms with Crippen LogP contribution in [0.4, 0.5) is 0 Å². The number of nitrogens with zero attached hydrogens (tertiary/aromatic N) is 3. The van der Waals surface area contributed by atoms with Gasteiger partial charge in [-0.2, -0.15) is 0 Å². The standard InChI is InChI=1S/C23H27N3O4/c1-29-20-8-7-17(13-21(20)30-2)14-25-11-9-23(28,10-12-25)15-26-16-24-19-6-4-3-5-18(19)22(26)27/h3-8,13,16,28H,9-12,14-15H2,1-2H3. The van der Waals surface area contributed by atoms with Crippen molar-refractivity contribution in [2.75, 3.05) is 27.3 Å². The maximum atomic E-state index is 12.7. The normalized spacial score (nSPS) is 16.5. The van der Waals surface area contributed by atoms with E-state index >= 15 is 0 Å². The van der Waals surface area contributed by atoms with E-state index in [1.807, 2.05) is 36.4 Å². The van der Waals surface area contributed by atoms with Crippen molar-refractivity contribution in [2.24, 2.45) is 0 Å². The van der Waals surface area contributed by atoms with Crippen molar-refractivity contribution in [3.05, 3.63) is 64.7 Å². The average Bonchev–Trinajstić information content (AvgIpc) is 2.77. The molecule has 0 atom stereocenters. The average molecular weight is 409 g/mol. The fraction of sp³-hybridized carbons (Fsp3) is 0.391. The number of piperidine rings is 1. The zero-order valence-electron chi connectivity index (χ0n) is 17.4. The van der Waals surface area contributed by atoms with Crippen LogP contribution in [0, 0.1) is 0 Å². The summed E-state index contributed by atoms with van der Waals surface area (Å²) in [6, 6.07) is 13.2. The summed E-state index contributed by atoms with van der Waals surface area (Å²) in [7, 11) is 3.26. The van der Waals surface area contributed by atoms with E-state index < -0.39 is 5.60 Å². The fourth-order valence-corrected chi connectivity index (χ4v) is 4.06. The summed E-state index contributed by atoms with van der Waals surface area (Å²) in [6.45, 7) is 2.53. The second kappa shape index (κ2) is 8.45. The molecule has 0 spiro atoms. The van der Waals surface area contributed by atoms with Gasteiger partial charge in [0.1, 0.15) is 0 Å². The van der Waals surface area contributed by atoms with Crippen molar-refractivity contribution in [3.63, 3.8) is 0 Å². The minimum Gasteiger partial charge on any atom is -0.493 e.